The van der Waals surface area contributed by atoms with Gasteiger partial charge in [-0.15, -0.1) is 0 Å². The Hall–Kier alpha value is -0.620. The van der Waals surface area contributed by atoms with E-state index in [0.717, 1.165) is 38.5 Å². The first-order chi connectivity index (χ1) is 10.0. The van der Waals surface area contributed by atoms with Crippen molar-refractivity contribution in [2.45, 2.75) is 76.8 Å². The third kappa shape index (κ3) is 4.42. The smallest absolute Gasteiger partial charge is 0.238 e. The summed E-state index contributed by atoms with van der Waals surface area (Å²) in [6.45, 7) is 2.47. The van der Waals surface area contributed by atoms with Crippen LogP contribution in [0, 0.1) is 0 Å². The molecular weight excluding hydrogens is 288 g/mol. The number of carbonyl (C=O) groups excluding carboxylic acids is 1. The zero-order valence-corrected chi connectivity index (χ0v) is 13.8. The molecule has 1 aliphatic heterocycles. The molecule has 1 atom stereocenters. The number of nitrogens with zero attached hydrogens (tertiary/aromatic N) is 1. The maximum Gasteiger partial charge on any atom is 0.238 e. The van der Waals surface area contributed by atoms with E-state index in [4.69, 9.17) is 0 Å². The van der Waals surface area contributed by atoms with Crippen LogP contribution in [0.3, 0.4) is 0 Å². The topological polar surface area (TPSA) is 66.5 Å². The Morgan fingerprint density at radius 3 is 2.52 bits per heavy atom. The summed E-state index contributed by atoms with van der Waals surface area (Å²) in [5, 5.41) is 3.07. The maximum atomic E-state index is 12.4. The molecule has 0 aromatic carbocycles. The lowest BCUT2D eigenvalue weighted by atomic mass is 9.95. The van der Waals surface area contributed by atoms with Gasteiger partial charge >= 0.3 is 0 Å². The van der Waals surface area contributed by atoms with Crippen LogP contribution in [0.1, 0.15) is 64.7 Å². The van der Waals surface area contributed by atoms with Gasteiger partial charge in [0.05, 0.1) is 5.75 Å². The average molecular weight is 316 g/mol. The summed E-state index contributed by atoms with van der Waals surface area (Å²) < 4.78 is 26.1. The summed E-state index contributed by atoms with van der Waals surface area (Å²) in [6.07, 6.45) is 8.58. The molecule has 0 aromatic heterocycles. The monoisotopic (exact) mass is 316 g/mol. The van der Waals surface area contributed by atoms with Gasteiger partial charge in [0.25, 0.3) is 0 Å². The molecule has 21 heavy (non-hydrogen) atoms. The predicted octanol–water partition coefficient (Wildman–Crippen LogP) is 2.03. The fourth-order valence-corrected chi connectivity index (χ4v) is 5.21. The fraction of sp³-hybridized carbons (Fsp3) is 0.933. The summed E-state index contributed by atoms with van der Waals surface area (Å²) in [6, 6.07) is -0.235. The van der Waals surface area contributed by atoms with Gasteiger partial charge in [-0.3, -0.25) is 4.79 Å². The van der Waals surface area contributed by atoms with Crippen LogP contribution in [0.2, 0.25) is 0 Å². The summed E-state index contributed by atoms with van der Waals surface area (Å²) in [5.74, 6) is 0.0796. The Labute approximate surface area is 128 Å². The molecule has 122 valence electrons. The third-order valence-electron chi connectivity index (χ3n) is 4.57. The van der Waals surface area contributed by atoms with Gasteiger partial charge in [-0.25, -0.2) is 8.42 Å². The Kier molecular flexibility index (Phi) is 6.05. The van der Waals surface area contributed by atoms with Gasteiger partial charge in [-0.1, -0.05) is 32.6 Å². The van der Waals surface area contributed by atoms with E-state index in [-0.39, 0.29) is 17.7 Å². The molecule has 2 rings (SSSR count). The lowest BCUT2D eigenvalue weighted by Gasteiger charge is -2.27. The van der Waals surface area contributed by atoms with Gasteiger partial charge < -0.3 is 5.32 Å². The van der Waals surface area contributed by atoms with Crippen molar-refractivity contribution in [3.05, 3.63) is 0 Å². The number of rotatable bonds is 6. The van der Waals surface area contributed by atoms with Crippen LogP contribution < -0.4 is 5.32 Å². The highest BCUT2D eigenvalue weighted by Crippen LogP contribution is 2.24. The molecule has 2 fully saturated rings. The maximum absolute atomic E-state index is 12.4. The van der Waals surface area contributed by atoms with Gasteiger partial charge in [0, 0.05) is 12.6 Å². The van der Waals surface area contributed by atoms with Gasteiger partial charge in [-0.05, 0) is 32.1 Å². The number of hydrogen-bond acceptors (Lipinski definition) is 3. The number of nitrogens with one attached hydrogen (secondary N) is 1. The molecular formula is C15H28N2O3S. The van der Waals surface area contributed by atoms with Crippen LogP contribution in [0.5, 0.6) is 0 Å². The standard InChI is InChI=1S/C15H28N2O3S/c1-2-3-12-21(19,20)17-11-7-10-14(17)15(18)16-13-8-5-4-6-9-13/h13-14H,2-12H2,1H3,(H,16,18)/t14-/m1/s1. The van der Waals surface area contributed by atoms with Crippen LogP contribution >= 0.6 is 0 Å². The molecule has 0 aromatic rings. The van der Waals surface area contributed by atoms with E-state index in [9.17, 15) is 13.2 Å². The molecule has 5 nitrogen and oxygen atoms in total. The van der Waals surface area contributed by atoms with Gasteiger partial charge in [0.1, 0.15) is 6.04 Å². The molecule has 1 saturated carbocycles. The minimum absolute atomic E-state index is 0.0838. The number of unbranched alkanes of at least 4 members (excludes halogenated alkanes) is 1. The summed E-state index contributed by atoms with van der Waals surface area (Å²) in [7, 11) is -3.28. The second-order valence-electron chi connectivity index (χ2n) is 6.28. The highest BCUT2D eigenvalue weighted by Gasteiger charge is 2.38. The van der Waals surface area contributed by atoms with E-state index in [1.807, 2.05) is 6.92 Å². The van der Waals surface area contributed by atoms with E-state index >= 15 is 0 Å². The van der Waals surface area contributed by atoms with Crippen LogP contribution in [-0.4, -0.2) is 43.0 Å². The molecule has 2 aliphatic rings. The Bertz CT molecular complexity index is 444. The molecule has 1 heterocycles. The van der Waals surface area contributed by atoms with Crippen LogP contribution in [0.15, 0.2) is 0 Å². The van der Waals surface area contributed by atoms with Crippen molar-refractivity contribution >= 4 is 15.9 Å². The van der Waals surface area contributed by atoms with Crippen LogP contribution in [0.25, 0.3) is 0 Å². The van der Waals surface area contributed by atoms with E-state index in [0.29, 0.717) is 19.4 Å². The normalized spacial score (nSPS) is 25.1. The third-order valence-corrected chi connectivity index (χ3v) is 6.53. The Morgan fingerprint density at radius 2 is 1.86 bits per heavy atom. The summed E-state index contributed by atoms with van der Waals surface area (Å²) >= 11 is 0. The van der Waals surface area contributed by atoms with Crippen molar-refractivity contribution in [3.8, 4) is 0 Å². The van der Waals surface area contributed by atoms with E-state index in [2.05, 4.69) is 5.32 Å². The van der Waals surface area contributed by atoms with Crippen molar-refractivity contribution in [2.75, 3.05) is 12.3 Å². The largest absolute Gasteiger partial charge is 0.352 e. The highest BCUT2D eigenvalue weighted by molar-refractivity contribution is 7.89. The second kappa shape index (κ2) is 7.58. The minimum Gasteiger partial charge on any atom is -0.352 e. The zero-order valence-electron chi connectivity index (χ0n) is 13.0. The predicted molar refractivity (Wildman–Crippen MR) is 83.4 cm³/mol. The van der Waals surface area contributed by atoms with Crippen molar-refractivity contribution < 1.29 is 13.2 Å². The molecule has 0 bridgehead atoms. The average Bonchev–Trinajstić information content (AvgIpc) is 2.97. The van der Waals surface area contributed by atoms with Crippen molar-refractivity contribution in [1.82, 2.24) is 9.62 Å². The zero-order chi connectivity index (χ0) is 15.3. The molecule has 0 radical (unpaired) electrons. The Morgan fingerprint density at radius 1 is 1.14 bits per heavy atom. The molecule has 0 spiro atoms. The van der Waals surface area contributed by atoms with Gasteiger partial charge in [-0.2, -0.15) is 4.31 Å². The van der Waals surface area contributed by atoms with E-state index in [1.165, 1.54) is 10.7 Å². The van der Waals surface area contributed by atoms with Crippen molar-refractivity contribution in [1.29, 1.82) is 0 Å². The Balaban J connectivity index is 1.95. The SMILES string of the molecule is CCCCS(=O)(=O)N1CCC[C@@H]1C(=O)NC1CCCCC1. The number of hydrogen-bond donors (Lipinski definition) is 1. The molecule has 6 heteroatoms. The minimum atomic E-state index is -3.28. The molecule has 1 saturated heterocycles. The number of amides is 1. The summed E-state index contributed by atoms with van der Waals surface area (Å²) in [5.41, 5.74) is 0. The molecule has 1 aliphatic carbocycles. The molecule has 0 unspecified atom stereocenters. The number of sulfonamides is 1. The quantitative estimate of drug-likeness (QED) is 0.815. The number of carbonyl (C=O) groups is 1. The first-order valence-electron chi connectivity index (χ1n) is 8.34. The second-order valence-corrected chi connectivity index (χ2v) is 8.32. The lowest BCUT2D eigenvalue weighted by Crippen LogP contribution is -2.49. The van der Waals surface area contributed by atoms with Crippen LogP contribution in [-0.2, 0) is 14.8 Å². The van der Waals surface area contributed by atoms with Crippen molar-refractivity contribution in [2.24, 2.45) is 0 Å². The first-order valence-corrected chi connectivity index (χ1v) is 9.95. The molecule has 1 amide bonds. The summed E-state index contributed by atoms with van der Waals surface area (Å²) in [4.78, 5) is 12.4. The van der Waals surface area contributed by atoms with Gasteiger partial charge in [0.2, 0.25) is 15.9 Å². The van der Waals surface area contributed by atoms with E-state index in [1.54, 1.807) is 0 Å². The van der Waals surface area contributed by atoms with Gasteiger partial charge in [0.15, 0.2) is 0 Å². The van der Waals surface area contributed by atoms with Crippen molar-refractivity contribution in [3.63, 3.8) is 0 Å². The lowest BCUT2D eigenvalue weighted by molar-refractivity contribution is -0.125. The fourth-order valence-electron chi connectivity index (χ4n) is 3.32. The molecule has 1 N–H and O–H groups in total. The highest BCUT2D eigenvalue weighted by atomic mass is 32.2. The van der Waals surface area contributed by atoms with Crippen LogP contribution in [0.4, 0.5) is 0 Å². The van der Waals surface area contributed by atoms with E-state index < -0.39 is 16.1 Å². The first kappa shape index (κ1) is 16.7.